The van der Waals surface area contributed by atoms with Crippen LogP contribution in [-0.4, -0.2) is 37.3 Å². The molecule has 3 rings (SSSR count). The zero-order valence-corrected chi connectivity index (χ0v) is 12.3. The van der Waals surface area contributed by atoms with Gasteiger partial charge in [-0.05, 0) is 12.1 Å². The topological polar surface area (TPSA) is 58.6 Å². The summed E-state index contributed by atoms with van der Waals surface area (Å²) in [5.74, 6) is 0.00750. The van der Waals surface area contributed by atoms with Gasteiger partial charge in [-0.25, -0.2) is 0 Å². The molecule has 1 aliphatic heterocycles. The van der Waals surface area contributed by atoms with E-state index in [9.17, 15) is 9.90 Å². The molecular weight excluding hydrogens is 278 g/mol. The van der Waals surface area contributed by atoms with Gasteiger partial charge in [-0.1, -0.05) is 42.5 Å². The maximum Gasteiger partial charge on any atom is 0.193 e. The standard InChI is InChI=1S/C18H19NO3/c20-11-18(12-22-13-18)10-19-16-8-4-7-15(9-16)17(21)14-5-2-1-3-6-14/h1-9,19-20H,10-13H2. The molecule has 0 radical (unpaired) electrons. The molecule has 0 spiro atoms. The third-order valence-electron chi connectivity index (χ3n) is 3.98. The molecule has 1 saturated heterocycles. The summed E-state index contributed by atoms with van der Waals surface area (Å²) in [5, 5.41) is 12.7. The summed E-state index contributed by atoms with van der Waals surface area (Å²) >= 11 is 0. The van der Waals surface area contributed by atoms with Gasteiger partial charge in [-0.2, -0.15) is 0 Å². The van der Waals surface area contributed by atoms with Crippen molar-refractivity contribution < 1.29 is 14.6 Å². The number of aliphatic hydroxyl groups excluding tert-OH is 1. The van der Waals surface area contributed by atoms with Crippen molar-refractivity contribution in [2.24, 2.45) is 5.41 Å². The van der Waals surface area contributed by atoms with Crippen molar-refractivity contribution in [3.63, 3.8) is 0 Å². The summed E-state index contributed by atoms with van der Waals surface area (Å²) in [4.78, 5) is 12.4. The molecule has 22 heavy (non-hydrogen) atoms. The van der Waals surface area contributed by atoms with E-state index in [0.717, 1.165) is 5.69 Å². The van der Waals surface area contributed by atoms with Crippen LogP contribution < -0.4 is 5.32 Å². The molecule has 0 atom stereocenters. The second-order valence-corrected chi connectivity index (χ2v) is 5.78. The molecule has 2 N–H and O–H groups in total. The van der Waals surface area contributed by atoms with E-state index in [1.807, 2.05) is 54.6 Å². The van der Waals surface area contributed by atoms with E-state index in [-0.39, 0.29) is 17.8 Å². The van der Waals surface area contributed by atoms with Gasteiger partial charge >= 0.3 is 0 Å². The Morgan fingerprint density at radius 1 is 1.09 bits per heavy atom. The van der Waals surface area contributed by atoms with Gasteiger partial charge in [0.2, 0.25) is 0 Å². The highest BCUT2D eigenvalue weighted by Crippen LogP contribution is 2.27. The van der Waals surface area contributed by atoms with E-state index in [1.165, 1.54) is 0 Å². The van der Waals surface area contributed by atoms with E-state index in [1.54, 1.807) is 0 Å². The fourth-order valence-corrected chi connectivity index (χ4v) is 2.46. The van der Waals surface area contributed by atoms with Gasteiger partial charge in [0.15, 0.2) is 5.78 Å². The Labute approximate surface area is 129 Å². The summed E-state index contributed by atoms with van der Waals surface area (Å²) in [6.45, 7) is 1.87. The maximum atomic E-state index is 12.4. The van der Waals surface area contributed by atoms with Crippen molar-refractivity contribution in [3.05, 3.63) is 65.7 Å². The number of rotatable bonds is 6. The zero-order chi connectivity index (χ0) is 15.4. The number of carbonyl (C=O) groups is 1. The van der Waals surface area contributed by atoms with Gasteiger partial charge in [0, 0.05) is 23.4 Å². The summed E-state index contributed by atoms with van der Waals surface area (Å²) in [6, 6.07) is 16.7. The molecular formula is C18H19NO3. The second kappa shape index (κ2) is 6.30. The van der Waals surface area contributed by atoms with Crippen molar-refractivity contribution in [3.8, 4) is 0 Å². The Morgan fingerprint density at radius 3 is 2.45 bits per heavy atom. The molecule has 0 aliphatic carbocycles. The number of aliphatic hydroxyl groups is 1. The molecule has 0 amide bonds. The molecule has 114 valence electrons. The van der Waals surface area contributed by atoms with E-state index in [2.05, 4.69) is 5.32 Å². The van der Waals surface area contributed by atoms with Gasteiger partial charge in [0.25, 0.3) is 0 Å². The van der Waals surface area contributed by atoms with Crippen LogP contribution in [0.1, 0.15) is 15.9 Å². The molecule has 2 aromatic carbocycles. The van der Waals surface area contributed by atoms with E-state index >= 15 is 0 Å². The van der Waals surface area contributed by atoms with Gasteiger partial charge in [-0.15, -0.1) is 0 Å². The first kappa shape index (κ1) is 14.8. The highest BCUT2D eigenvalue weighted by molar-refractivity contribution is 6.09. The maximum absolute atomic E-state index is 12.4. The lowest BCUT2D eigenvalue weighted by Crippen LogP contribution is -2.50. The molecule has 0 aromatic heterocycles. The van der Waals surface area contributed by atoms with E-state index in [4.69, 9.17) is 4.74 Å². The first-order chi connectivity index (χ1) is 10.7. The van der Waals surface area contributed by atoms with Crippen molar-refractivity contribution in [1.29, 1.82) is 0 Å². The van der Waals surface area contributed by atoms with Crippen molar-refractivity contribution in [2.75, 3.05) is 31.7 Å². The normalized spacial score (nSPS) is 15.9. The highest BCUT2D eigenvalue weighted by atomic mass is 16.5. The molecule has 0 bridgehead atoms. The summed E-state index contributed by atoms with van der Waals surface area (Å²) in [7, 11) is 0. The Hall–Kier alpha value is -2.17. The molecule has 4 heteroatoms. The molecule has 1 aliphatic rings. The number of nitrogens with one attached hydrogen (secondary N) is 1. The number of carbonyl (C=O) groups excluding carboxylic acids is 1. The SMILES string of the molecule is O=C(c1ccccc1)c1cccc(NCC2(CO)COC2)c1. The average Bonchev–Trinajstić information content (AvgIpc) is 2.55. The van der Waals surface area contributed by atoms with Gasteiger partial charge in [-0.3, -0.25) is 4.79 Å². The Bertz CT molecular complexity index is 645. The van der Waals surface area contributed by atoms with Crippen LogP contribution in [0.4, 0.5) is 5.69 Å². The molecule has 1 heterocycles. The lowest BCUT2D eigenvalue weighted by molar-refractivity contribution is -0.128. The van der Waals surface area contributed by atoms with Crippen LogP contribution >= 0.6 is 0 Å². The Kier molecular flexibility index (Phi) is 4.22. The average molecular weight is 297 g/mol. The van der Waals surface area contributed by atoms with E-state index < -0.39 is 0 Å². The number of anilines is 1. The first-order valence-corrected chi connectivity index (χ1v) is 7.35. The minimum absolute atomic E-state index is 0.00750. The third-order valence-corrected chi connectivity index (χ3v) is 3.98. The number of benzene rings is 2. The van der Waals surface area contributed by atoms with Crippen LogP contribution in [0.25, 0.3) is 0 Å². The minimum Gasteiger partial charge on any atom is -0.396 e. The molecule has 0 saturated carbocycles. The van der Waals surface area contributed by atoms with Crippen LogP contribution in [0.3, 0.4) is 0 Å². The fraction of sp³-hybridized carbons (Fsp3) is 0.278. The smallest absolute Gasteiger partial charge is 0.193 e. The predicted molar refractivity (Wildman–Crippen MR) is 85.1 cm³/mol. The molecule has 1 fully saturated rings. The second-order valence-electron chi connectivity index (χ2n) is 5.78. The molecule has 4 nitrogen and oxygen atoms in total. The monoisotopic (exact) mass is 297 g/mol. The van der Waals surface area contributed by atoms with Gasteiger partial charge < -0.3 is 15.2 Å². The lowest BCUT2D eigenvalue weighted by atomic mass is 9.87. The largest absolute Gasteiger partial charge is 0.396 e. The van der Waals surface area contributed by atoms with Crippen LogP contribution in [0.15, 0.2) is 54.6 Å². The minimum atomic E-state index is -0.195. The van der Waals surface area contributed by atoms with Crippen LogP contribution in [0, 0.1) is 5.41 Å². The van der Waals surface area contributed by atoms with Crippen molar-refractivity contribution >= 4 is 11.5 Å². The Balaban J connectivity index is 1.71. The number of ketones is 1. The Morgan fingerprint density at radius 2 is 1.82 bits per heavy atom. The highest BCUT2D eigenvalue weighted by Gasteiger charge is 2.37. The predicted octanol–water partition coefficient (Wildman–Crippen LogP) is 2.34. The van der Waals surface area contributed by atoms with Crippen LogP contribution in [0.5, 0.6) is 0 Å². The number of ether oxygens (including phenoxy) is 1. The fourth-order valence-electron chi connectivity index (χ4n) is 2.46. The van der Waals surface area contributed by atoms with Crippen LogP contribution in [-0.2, 0) is 4.74 Å². The quantitative estimate of drug-likeness (QED) is 0.804. The van der Waals surface area contributed by atoms with Gasteiger partial charge in [0.05, 0.1) is 25.2 Å². The lowest BCUT2D eigenvalue weighted by Gasteiger charge is -2.40. The number of hydrogen-bond acceptors (Lipinski definition) is 4. The van der Waals surface area contributed by atoms with E-state index in [0.29, 0.717) is 30.9 Å². The summed E-state index contributed by atoms with van der Waals surface area (Å²) in [6.07, 6.45) is 0. The summed E-state index contributed by atoms with van der Waals surface area (Å²) in [5.41, 5.74) is 2.01. The molecule has 0 unspecified atom stereocenters. The first-order valence-electron chi connectivity index (χ1n) is 7.35. The number of hydrogen-bond donors (Lipinski definition) is 2. The summed E-state index contributed by atoms with van der Waals surface area (Å²) < 4.78 is 5.18. The van der Waals surface area contributed by atoms with Crippen molar-refractivity contribution in [1.82, 2.24) is 0 Å². The third kappa shape index (κ3) is 3.03. The van der Waals surface area contributed by atoms with Gasteiger partial charge in [0.1, 0.15) is 0 Å². The van der Waals surface area contributed by atoms with Crippen molar-refractivity contribution in [2.45, 2.75) is 0 Å². The zero-order valence-electron chi connectivity index (χ0n) is 12.3. The van der Waals surface area contributed by atoms with Crippen LogP contribution in [0.2, 0.25) is 0 Å². The molecule has 2 aromatic rings.